The van der Waals surface area contributed by atoms with Gasteiger partial charge in [0.25, 0.3) is 0 Å². The third-order valence-electron chi connectivity index (χ3n) is 4.15. The second-order valence-electron chi connectivity index (χ2n) is 6.05. The van der Waals surface area contributed by atoms with E-state index in [1.165, 1.54) is 12.1 Å². The highest BCUT2D eigenvalue weighted by Crippen LogP contribution is 2.37. The van der Waals surface area contributed by atoms with Gasteiger partial charge in [0.05, 0.1) is 12.2 Å². The highest BCUT2D eigenvalue weighted by Gasteiger charge is 2.22. The van der Waals surface area contributed by atoms with Gasteiger partial charge in [0.15, 0.2) is 5.78 Å². The van der Waals surface area contributed by atoms with E-state index in [4.69, 9.17) is 9.15 Å². The molecular weight excluding hydrogens is 319 g/mol. The van der Waals surface area contributed by atoms with Crippen LogP contribution < -0.4 is 4.74 Å². The molecule has 0 aliphatic rings. The number of halogens is 1. The maximum atomic E-state index is 13.2. The monoisotopic (exact) mass is 340 g/mol. The molecule has 1 heterocycles. The summed E-state index contributed by atoms with van der Waals surface area (Å²) in [5, 5.41) is 0.771. The number of furan rings is 1. The van der Waals surface area contributed by atoms with E-state index >= 15 is 0 Å². The molecule has 0 radical (unpaired) electrons. The number of Topliss-reactive ketones (excluding diaryl/α,β-unsaturated/α-hetero) is 1. The Morgan fingerprint density at radius 2 is 1.88 bits per heavy atom. The predicted octanol–water partition coefficient (Wildman–Crippen LogP) is 5.93. The average molecular weight is 340 g/mol. The van der Waals surface area contributed by atoms with E-state index in [1.54, 1.807) is 12.1 Å². The van der Waals surface area contributed by atoms with Gasteiger partial charge in [-0.3, -0.25) is 4.79 Å². The summed E-state index contributed by atoms with van der Waals surface area (Å²) in [5.41, 5.74) is 2.79. The lowest BCUT2D eigenvalue weighted by atomic mass is 9.99. The number of hydrogen-bond donors (Lipinski definition) is 0. The molecular formula is C21H21FO3. The van der Waals surface area contributed by atoms with Crippen LogP contribution in [0.1, 0.15) is 42.6 Å². The number of ether oxygens (including phenoxy) is 1. The molecule has 0 unspecified atom stereocenters. The van der Waals surface area contributed by atoms with Crippen LogP contribution in [-0.4, -0.2) is 12.4 Å². The minimum absolute atomic E-state index is 0.000276. The van der Waals surface area contributed by atoms with E-state index in [-0.39, 0.29) is 11.6 Å². The van der Waals surface area contributed by atoms with Crippen molar-refractivity contribution in [1.29, 1.82) is 0 Å². The molecule has 130 valence electrons. The molecule has 3 aromatic rings. The predicted molar refractivity (Wildman–Crippen MR) is 96.8 cm³/mol. The van der Waals surface area contributed by atoms with Crippen LogP contribution in [0.25, 0.3) is 22.3 Å². The van der Waals surface area contributed by atoms with Crippen molar-refractivity contribution < 1.29 is 18.3 Å². The van der Waals surface area contributed by atoms with Crippen molar-refractivity contribution in [2.24, 2.45) is 0 Å². The van der Waals surface area contributed by atoms with Gasteiger partial charge in [0.1, 0.15) is 22.9 Å². The molecule has 0 bridgehead atoms. The zero-order chi connectivity index (χ0) is 18.0. The maximum Gasteiger partial charge on any atom is 0.167 e. The number of fused-ring (bicyclic) bond motifs is 1. The van der Waals surface area contributed by atoms with Crippen LogP contribution in [0.5, 0.6) is 5.75 Å². The smallest absolute Gasteiger partial charge is 0.167 e. The first-order valence-corrected chi connectivity index (χ1v) is 8.54. The van der Waals surface area contributed by atoms with Gasteiger partial charge in [0, 0.05) is 23.4 Å². The molecule has 25 heavy (non-hydrogen) atoms. The van der Waals surface area contributed by atoms with Crippen molar-refractivity contribution in [2.75, 3.05) is 6.61 Å². The molecule has 0 saturated carbocycles. The van der Waals surface area contributed by atoms with Gasteiger partial charge in [-0.1, -0.05) is 13.8 Å². The number of benzene rings is 2. The summed E-state index contributed by atoms with van der Waals surface area (Å²) in [6.45, 7) is 6.44. The summed E-state index contributed by atoms with van der Waals surface area (Å²) in [6, 6.07) is 9.74. The van der Waals surface area contributed by atoms with Crippen LogP contribution >= 0.6 is 0 Å². The first-order valence-electron chi connectivity index (χ1n) is 8.54. The van der Waals surface area contributed by atoms with Crippen molar-refractivity contribution in [1.82, 2.24) is 0 Å². The zero-order valence-electron chi connectivity index (χ0n) is 14.7. The molecule has 1 aromatic heterocycles. The van der Waals surface area contributed by atoms with Crippen LogP contribution in [0.2, 0.25) is 0 Å². The fourth-order valence-corrected chi connectivity index (χ4v) is 2.86. The second-order valence-corrected chi connectivity index (χ2v) is 6.05. The topological polar surface area (TPSA) is 39.4 Å². The van der Waals surface area contributed by atoms with Gasteiger partial charge >= 0.3 is 0 Å². The second kappa shape index (κ2) is 7.09. The zero-order valence-corrected chi connectivity index (χ0v) is 14.7. The Hall–Kier alpha value is -2.62. The minimum Gasteiger partial charge on any atom is -0.493 e. The fourth-order valence-electron chi connectivity index (χ4n) is 2.86. The van der Waals surface area contributed by atoms with Crippen LogP contribution in [0, 0.1) is 12.7 Å². The van der Waals surface area contributed by atoms with Gasteiger partial charge in [-0.2, -0.15) is 0 Å². The number of carbonyl (C=O) groups is 1. The van der Waals surface area contributed by atoms with Crippen LogP contribution in [0.3, 0.4) is 0 Å². The number of carbonyl (C=O) groups excluding carboxylic acids is 1. The van der Waals surface area contributed by atoms with E-state index < -0.39 is 0 Å². The van der Waals surface area contributed by atoms with E-state index in [2.05, 4.69) is 0 Å². The van der Waals surface area contributed by atoms with Crippen molar-refractivity contribution in [3.63, 3.8) is 0 Å². The number of hydrogen-bond acceptors (Lipinski definition) is 3. The molecule has 3 rings (SSSR count). The van der Waals surface area contributed by atoms with Gasteiger partial charge in [-0.25, -0.2) is 4.39 Å². The van der Waals surface area contributed by atoms with E-state index in [1.807, 2.05) is 32.9 Å². The molecule has 0 amide bonds. The third kappa shape index (κ3) is 3.29. The van der Waals surface area contributed by atoms with Crippen molar-refractivity contribution >= 4 is 16.8 Å². The van der Waals surface area contributed by atoms with E-state index in [0.717, 1.165) is 23.1 Å². The summed E-state index contributed by atoms with van der Waals surface area (Å²) < 4.78 is 25.0. The maximum absolute atomic E-state index is 13.2. The van der Waals surface area contributed by atoms with Crippen molar-refractivity contribution in [2.45, 2.75) is 33.6 Å². The Bertz CT molecular complexity index is 907. The third-order valence-corrected chi connectivity index (χ3v) is 4.15. The van der Waals surface area contributed by atoms with Crippen LogP contribution in [0.4, 0.5) is 4.39 Å². The lowest BCUT2D eigenvalue weighted by Crippen LogP contribution is -1.99. The molecule has 0 aliphatic carbocycles. The lowest BCUT2D eigenvalue weighted by Gasteiger charge is -2.07. The Labute approximate surface area is 146 Å². The summed E-state index contributed by atoms with van der Waals surface area (Å²) in [7, 11) is 0. The summed E-state index contributed by atoms with van der Waals surface area (Å²) in [4.78, 5) is 12.6. The highest BCUT2D eigenvalue weighted by molar-refractivity contribution is 6.12. The van der Waals surface area contributed by atoms with Crippen molar-refractivity contribution in [3.05, 3.63) is 53.3 Å². The highest BCUT2D eigenvalue weighted by atomic mass is 19.1. The summed E-state index contributed by atoms with van der Waals surface area (Å²) in [6.07, 6.45) is 1.28. The molecule has 0 fully saturated rings. The van der Waals surface area contributed by atoms with Gasteiger partial charge in [-0.15, -0.1) is 0 Å². The first-order chi connectivity index (χ1) is 12.0. The van der Waals surface area contributed by atoms with Gasteiger partial charge in [0.2, 0.25) is 0 Å². The molecule has 4 heteroatoms. The largest absolute Gasteiger partial charge is 0.493 e. The number of ketones is 1. The van der Waals surface area contributed by atoms with E-state index in [0.29, 0.717) is 35.5 Å². The summed E-state index contributed by atoms with van der Waals surface area (Å²) in [5.74, 6) is 0.909. The normalized spacial score (nSPS) is 11.0. The SMILES string of the molecule is CCCOc1cc2oc(-c3ccc(F)cc3)c(C(=O)CC)c2cc1C. The van der Waals surface area contributed by atoms with Crippen LogP contribution in [0.15, 0.2) is 40.8 Å². The van der Waals surface area contributed by atoms with E-state index in [9.17, 15) is 9.18 Å². The molecule has 0 spiro atoms. The fraction of sp³-hybridized carbons (Fsp3) is 0.286. The van der Waals surface area contributed by atoms with Gasteiger partial charge < -0.3 is 9.15 Å². The van der Waals surface area contributed by atoms with Gasteiger partial charge in [-0.05, 0) is 49.2 Å². The Morgan fingerprint density at radius 3 is 2.52 bits per heavy atom. The molecule has 2 aromatic carbocycles. The molecule has 0 N–H and O–H groups in total. The molecule has 3 nitrogen and oxygen atoms in total. The van der Waals surface area contributed by atoms with Crippen LogP contribution in [-0.2, 0) is 0 Å². The quantitative estimate of drug-likeness (QED) is 0.522. The molecule has 0 atom stereocenters. The Balaban J connectivity index is 2.21. The molecule has 0 saturated heterocycles. The average Bonchev–Trinajstić information content (AvgIpc) is 2.97. The lowest BCUT2D eigenvalue weighted by molar-refractivity contribution is 0.0989. The minimum atomic E-state index is -0.325. The number of rotatable bonds is 6. The number of aryl methyl sites for hydroxylation is 1. The first kappa shape index (κ1) is 17.2. The Kier molecular flexibility index (Phi) is 4.88. The van der Waals surface area contributed by atoms with Crippen molar-refractivity contribution in [3.8, 4) is 17.1 Å². The molecule has 0 aliphatic heterocycles. The Morgan fingerprint density at radius 1 is 1.16 bits per heavy atom. The summed E-state index contributed by atoms with van der Waals surface area (Å²) >= 11 is 0. The standard InChI is InChI=1S/C21H21FO3/c1-4-10-24-18-12-19-16(11-13(18)3)20(17(23)5-2)21(25-19)14-6-8-15(22)9-7-14/h6-9,11-12H,4-5,10H2,1-3H3.